The van der Waals surface area contributed by atoms with Gasteiger partial charge < -0.3 is 20.7 Å². The number of hydrogen-bond donors (Lipinski definition) is 3. The van der Waals surface area contributed by atoms with Gasteiger partial charge in [-0.3, -0.25) is 0 Å². The zero-order chi connectivity index (χ0) is 13.9. The van der Waals surface area contributed by atoms with Crippen molar-refractivity contribution in [3.05, 3.63) is 17.7 Å². The minimum atomic E-state index is -1.26. The monoisotopic (exact) mass is 269 g/mol. The molecule has 6 heteroatoms. The van der Waals surface area contributed by atoms with Crippen molar-refractivity contribution in [3.63, 3.8) is 0 Å². The minimum absolute atomic E-state index is 0.0270. The molecule has 0 unspecified atom stereocenters. The molecule has 0 saturated carbocycles. The molecule has 0 heterocycles. The second kappa shape index (κ2) is 5.30. The van der Waals surface area contributed by atoms with Gasteiger partial charge in [0.1, 0.15) is 17.1 Å². The Morgan fingerprint density at radius 1 is 1.28 bits per heavy atom. The van der Waals surface area contributed by atoms with Crippen molar-refractivity contribution >= 4 is 19.7 Å². The van der Waals surface area contributed by atoms with E-state index in [4.69, 9.17) is 10.5 Å². The molecule has 1 aromatic carbocycles. The first-order valence-electron chi connectivity index (χ1n) is 5.69. The molecule has 1 aromatic rings. The summed E-state index contributed by atoms with van der Waals surface area (Å²) in [6.45, 7) is 6.86. The van der Waals surface area contributed by atoms with Gasteiger partial charge in [-0.1, -0.05) is 19.6 Å². The molecule has 0 aliphatic rings. The normalized spacial score (nSPS) is 11.3. The van der Waals surface area contributed by atoms with Crippen molar-refractivity contribution in [3.8, 4) is 11.5 Å². The zero-order valence-corrected chi connectivity index (χ0v) is 11.9. The quantitative estimate of drug-likeness (QED) is 0.256. The number of carbonyl (C=O) groups is 1. The van der Waals surface area contributed by atoms with Gasteiger partial charge >= 0.3 is 5.97 Å². The van der Waals surface area contributed by atoms with Gasteiger partial charge in [0.05, 0.1) is 12.3 Å². The number of phenolic OH excluding ortho intramolecular Hbond substituents is 2. The van der Waals surface area contributed by atoms with Crippen molar-refractivity contribution in [1.29, 1.82) is 0 Å². The van der Waals surface area contributed by atoms with Crippen LogP contribution in [0.4, 0.5) is 5.69 Å². The number of rotatable bonds is 4. The number of benzene rings is 1. The first-order valence-corrected chi connectivity index (χ1v) is 9.40. The zero-order valence-electron chi connectivity index (χ0n) is 10.9. The molecule has 100 valence electrons. The van der Waals surface area contributed by atoms with Crippen LogP contribution in [0.25, 0.3) is 0 Å². The lowest BCUT2D eigenvalue weighted by atomic mass is 10.1. The first kappa shape index (κ1) is 14.4. The van der Waals surface area contributed by atoms with Gasteiger partial charge in [-0.05, 0) is 12.1 Å². The largest absolute Gasteiger partial charge is 0.507 e. The number of ether oxygens (including phenoxy) is 1. The third-order valence-corrected chi connectivity index (χ3v) is 4.15. The third kappa shape index (κ3) is 3.96. The predicted molar refractivity (Wildman–Crippen MR) is 72.6 cm³/mol. The highest BCUT2D eigenvalue weighted by molar-refractivity contribution is 6.76. The fourth-order valence-electron chi connectivity index (χ4n) is 1.29. The summed E-state index contributed by atoms with van der Waals surface area (Å²) in [5, 5.41) is 18.8. The Morgan fingerprint density at radius 2 is 1.89 bits per heavy atom. The van der Waals surface area contributed by atoms with E-state index in [1.807, 2.05) is 0 Å². The van der Waals surface area contributed by atoms with Crippen LogP contribution in [0.1, 0.15) is 10.4 Å². The minimum Gasteiger partial charge on any atom is -0.507 e. The van der Waals surface area contributed by atoms with Crippen LogP contribution in [0.2, 0.25) is 25.7 Å². The molecular formula is C12H19NO4Si. The van der Waals surface area contributed by atoms with Crippen molar-refractivity contribution < 1.29 is 19.7 Å². The van der Waals surface area contributed by atoms with E-state index in [1.165, 1.54) is 6.07 Å². The molecule has 0 aromatic heterocycles. The Hall–Kier alpha value is -1.69. The number of esters is 1. The Bertz CT molecular complexity index is 454. The van der Waals surface area contributed by atoms with Gasteiger partial charge in [0.15, 0.2) is 0 Å². The molecule has 5 nitrogen and oxygen atoms in total. The third-order valence-electron chi connectivity index (χ3n) is 2.45. The SMILES string of the molecule is C[Si](C)(C)CCOC(=O)c1cc(N)c(O)cc1O. The Balaban J connectivity index is 2.70. The van der Waals surface area contributed by atoms with Crippen LogP contribution in [0.15, 0.2) is 12.1 Å². The highest BCUT2D eigenvalue weighted by Gasteiger charge is 2.18. The summed E-state index contributed by atoms with van der Waals surface area (Å²) < 4.78 is 5.08. The smallest absolute Gasteiger partial charge is 0.341 e. The molecule has 0 amide bonds. The molecule has 0 radical (unpaired) electrons. The van der Waals surface area contributed by atoms with Gasteiger partial charge in [-0.15, -0.1) is 0 Å². The molecule has 0 atom stereocenters. The lowest BCUT2D eigenvalue weighted by Gasteiger charge is -2.15. The molecular weight excluding hydrogens is 250 g/mol. The van der Waals surface area contributed by atoms with Gasteiger partial charge in [-0.2, -0.15) is 0 Å². The molecule has 0 saturated heterocycles. The molecule has 0 fully saturated rings. The lowest BCUT2D eigenvalue weighted by Crippen LogP contribution is -2.22. The van der Waals surface area contributed by atoms with Crippen LogP contribution in [0.5, 0.6) is 11.5 Å². The van der Waals surface area contributed by atoms with Gasteiger partial charge in [0.2, 0.25) is 0 Å². The van der Waals surface area contributed by atoms with Gasteiger partial charge in [-0.25, -0.2) is 4.79 Å². The van der Waals surface area contributed by atoms with E-state index in [9.17, 15) is 15.0 Å². The number of aromatic hydroxyl groups is 2. The van der Waals surface area contributed by atoms with Crippen LogP contribution in [0, 0.1) is 0 Å². The van der Waals surface area contributed by atoms with E-state index in [0.717, 1.165) is 12.1 Å². The average molecular weight is 269 g/mol. The number of phenols is 2. The predicted octanol–water partition coefficient (Wildman–Crippen LogP) is 2.17. The standard InChI is InChI=1S/C12H19NO4Si/c1-18(2,3)5-4-17-12(16)8-6-9(13)11(15)7-10(8)14/h6-7,14-15H,4-5,13H2,1-3H3. The Morgan fingerprint density at radius 3 is 2.44 bits per heavy atom. The number of anilines is 1. The fourth-order valence-corrected chi connectivity index (χ4v) is 2.00. The molecule has 18 heavy (non-hydrogen) atoms. The van der Waals surface area contributed by atoms with Crippen molar-refractivity contribution in [2.75, 3.05) is 12.3 Å². The molecule has 1 rings (SSSR count). The van der Waals surface area contributed by atoms with Crippen LogP contribution in [-0.4, -0.2) is 30.9 Å². The fraction of sp³-hybridized carbons (Fsp3) is 0.417. The van der Waals surface area contributed by atoms with Crippen LogP contribution >= 0.6 is 0 Å². The van der Waals surface area contributed by atoms with E-state index in [0.29, 0.717) is 6.61 Å². The lowest BCUT2D eigenvalue weighted by molar-refractivity contribution is 0.0522. The van der Waals surface area contributed by atoms with E-state index < -0.39 is 14.0 Å². The summed E-state index contributed by atoms with van der Waals surface area (Å²) in [5.74, 6) is -1.22. The topological polar surface area (TPSA) is 92.8 Å². The summed E-state index contributed by atoms with van der Waals surface area (Å²) in [6.07, 6.45) is 0. The maximum absolute atomic E-state index is 11.7. The van der Waals surface area contributed by atoms with Crippen LogP contribution < -0.4 is 5.73 Å². The number of carbonyl (C=O) groups excluding carboxylic acids is 1. The maximum Gasteiger partial charge on any atom is 0.341 e. The summed E-state index contributed by atoms with van der Waals surface area (Å²) in [5.41, 5.74) is 5.47. The maximum atomic E-state index is 11.7. The molecule has 0 aliphatic carbocycles. The highest BCUT2D eigenvalue weighted by atomic mass is 28.3. The summed E-state index contributed by atoms with van der Waals surface area (Å²) in [4.78, 5) is 11.7. The molecule has 0 aliphatic heterocycles. The van der Waals surface area contributed by atoms with Crippen LogP contribution in [-0.2, 0) is 4.74 Å². The number of nitrogen functional groups attached to an aromatic ring is 1. The first-order chi connectivity index (χ1) is 8.20. The van der Waals surface area contributed by atoms with E-state index >= 15 is 0 Å². The summed E-state index contributed by atoms with van der Waals surface area (Å²) >= 11 is 0. The molecule has 0 spiro atoms. The molecule has 0 bridgehead atoms. The van der Waals surface area contributed by atoms with Crippen LogP contribution in [0.3, 0.4) is 0 Å². The Kier molecular flexibility index (Phi) is 4.23. The van der Waals surface area contributed by atoms with Crippen molar-refractivity contribution in [1.82, 2.24) is 0 Å². The van der Waals surface area contributed by atoms with E-state index in [-0.39, 0.29) is 22.7 Å². The molecule has 4 N–H and O–H groups in total. The second-order valence-corrected chi connectivity index (χ2v) is 11.0. The Labute approximate surface area is 107 Å². The van der Waals surface area contributed by atoms with Crippen molar-refractivity contribution in [2.45, 2.75) is 25.7 Å². The van der Waals surface area contributed by atoms with E-state index in [2.05, 4.69) is 19.6 Å². The number of hydrogen-bond acceptors (Lipinski definition) is 5. The average Bonchev–Trinajstić information content (AvgIpc) is 2.21. The van der Waals surface area contributed by atoms with Gasteiger partial charge in [0.25, 0.3) is 0 Å². The number of nitrogens with two attached hydrogens (primary N) is 1. The highest BCUT2D eigenvalue weighted by Crippen LogP contribution is 2.29. The summed E-state index contributed by atoms with van der Waals surface area (Å²) in [7, 11) is -1.26. The van der Waals surface area contributed by atoms with Crippen molar-refractivity contribution in [2.24, 2.45) is 0 Å². The van der Waals surface area contributed by atoms with Gasteiger partial charge in [0, 0.05) is 14.1 Å². The second-order valence-electron chi connectivity index (χ2n) is 5.37. The van der Waals surface area contributed by atoms with E-state index in [1.54, 1.807) is 0 Å². The summed E-state index contributed by atoms with van der Waals surface area (Å²) in [6, 6.07) is 3.10.